The van der Waals surface area contributed by atoms with Crippen molar-refractivity contribution in [3.05, 3.63) is 70.3 Å². The van der Waals surface area contributed by atoms with E-state index in [2.05, 4.69) is 10.6 Å². The highest BCUT2D eigenvalue weighted by molar-refractivity contribution is 6.00. The Morgan fingerprint density at radius 3 is 2.40 bits per heavy atom. The van der Waals surface area contributed by atoms with Crippen molar-refractivity contribution >= 4 is 17.9 Å². The fraction of sp³-hybridized carbons (Fsp3) is 0.545. The summed E-state index contributed by atoms with van der Waals surface area (Å²) in [6.07, 6.45) is -0.425. The summed E-state index contributed by atoms with van der Waals surface area (Å²) >= 11 is 0. The number of aliphatic hydroxyl groups is 1. The molecule has 2 aromatic carbocycles. The van der Waals surface area contributed by atoms with Crippen molar-refractivity contribution < 1.29 is 37.7 Å². The maximum atomic E-state index is 14.1. The van der Waals surface area contributed by atoms with Crippen molar-refractivity contribution in [2.45, 2.75) is 76.8 Å². The monoisotopic (exact) mass is 630 g/mol. The Morgan fingerprint density at radius 2 is 1.73 bits per heavy atom. The number of aliphatic hydroxyl groups excluding tert-OH is 1. The van der Waals surface area contributed by atoms with E-state index in [1.54, 1.807) is 51.8 Å². The van der Waals surface area contributed by atoms with Gasteiger partial charge in [0, 0.05) is 50.5 Å². The normalized spacial score (nSPS) is 20.1. The van der Waals surface area contributed by atoms with E-state index in [1.165, 1.54) is 11.0 Å². The lowest BCUT2D eigenvalue weighted by Crippen LogP contribution is -2.63. The van der Waals surface area contributed by atoms with Crippen LogP contribution < -0.4 is 10.6 Å². The van der Waals surface area contributed by atoms with Crippen molar-refractivity contribution in [2.75, 3.05) is 39.9 Å². The first kappa shape index (κ1) is 34.3. The fourth-order valence-electron chi connectivity index (χ4n) is 6.01. The van der Waals surface area contributed by atoms with Gasteiger partial charge in [-0.3, -0.25) is 14.5 Å². The topological polar surface area (TPSA) is 120 Å². The summed E-state index contributed by atoms with van der Waals surface area (Å²) in [6.45, 7) is 8.91. The van der Waals surface area contributed by atoms with Gasteiger partial charge in [-0.05, 0) is 88.4 Å². The molecule has 3 amide bonds. The third-order valence-corrected chi connectivity index (χ3v) is 8.00. The molecule has 0 radical (unpaired) electrons. The predicted molar refractivity (Wildman–Crippen MR) is 164 cm³/mol. The SMILES string of the molecule is COC[C@H]1CCCN1C(=O)c1cc(C)cc(C(=O)N[C@@H](Cc2cc(F)cc(F)c2)[C@H](O)[C@H]2CNCCN2C(=O)OC(C)(C)C)c1. The van der Waals surface area contributed by atoms with Gasteiger partial charge in [-0.1, -0.05) is 0 Å². The molecule has 3 N–H and O–H groups in total. The number of likely N-dealkylation sites (tertiary alicyclic amines) is 1. The second-order valence-corrected chi connectivity index (χ2v) is 12.8. The highest BCUT2D eigenvalue weighted by Crippen LogP contribution is 2.23. The molecule has 2 aliphatic rings. The van der Waals surface area contributed by atoms with Crippen LogP contribution in [0.4, 0.5) is 13.6 Å². The van der Waals surface area contributed by atoms with E-state index < -0.39 is 47.4 Å². The molecular weight excluding hydrogens is 586 g/mol. The molecule has 0 spiro atoms. The Kier molecular flexibility index (Phi) is 11.2. The Balaban J connectivity index is 1.62. The fourth-order valence-corrected chi connectivity index (χ4v) is 6.01. The van der Waals surface area contributed by atoms with Gasteiger partial charge in [0.2, 0.25) is 0 Å². The third kappa shape index (κ3) is 8.99. The molecule has 12 heteroatoms. The standard InChI is InChI=1S/C33H44F2N4O6/c1-20-11-22(16-23(12-20)31(42)38-9-6-7-26(38)19-44-5)30(41)37-27(15-21-13-24(34)17-25(35)14-21)29(40)28-18-36-8-10-39(28)32(43)45-33(2,3)4/h11-14,16-17,26-29,36,40H,6-10,15,18-19H2,1-5H3,(H,37,41)/t26-,27+,28-,29+/m1/s1. The molecule has 0 unspecified atom stereocenters. The van der Waals surface area contributed by atoms with Crippen LogP contribution in [0.5, 0.6) is 0 Å². The van der Waals surface area contributed by atoms with Gasteiger partial charge >= 0.3 is 6.09 Å². The number of methoxy groups -OCH3 is 1. The molecule has 2 heterocycles. The highest BCUT2D eigenvalue weighted by atomic mass is 19.1. The molecule has 0 saturated carbocycles. The first-order valence-electron chi connectivity index (χ1n) is 15.3. The smallest absolute Gasteiger partial charge is 0.410 e. The van der Waals surface area contributed by atoms with Gasteiger partial charge in [0.15, 0.2) is 0 Å². The molecule has 4 atom stereocenters. The summed E-state index contributed by atoms with van der Waals surface area (Å²) in [6, 6.07) is 5.92. The van der Waals surface area contributed by atoms with E-state index in [0.717, 1.165) is 31.0 Å². The first-order valence-corrected chi connectivity index (χ1v) is 15.3. The van der Waals surface area contributed by atoms with Crippen molar-refractivity contribution in [1.82, 2.24) is 20.4 Å². The van der Waals surface area contributed by atoms with Crippen molar-refractivity contribution in [1.29, 1.82) is 0 Å². The molecule has 2 fully saturated rings. The van der Waals surface area contributed by atoms with Crippen LogP contribution in [-0.2, 0) is 15.9 Å². The number of carbonyl (C=O) groups is 3. The van der Waals surface area contributed by atoms with Crippen molar-refractivity contribution in [3.8, 4) is 0 Å². The number of nitrogens with one attached hydrogen (secondary N) is 2. The molecule has 4 rings (SSSR count). The number of hydrogen-bond donors (Lipinski definition) is 3. The predicted octanol–water partition coefficient (Wildman–Crippen LogP) is 3.44. The van der Waals surface area contributed by atoms with Gasteiger partial charge < -0.3 is 30.1 Å². The average molecular weight is 631 g/mol. The zero-order chi connectivity index (χ0) is 32.9. The molecular formula is C33H44F2N4O6. The lowest BCUT2D eigenvalue weighted by atomic mass is 9.93. The Morgan fingerprint density at radius 1 is 1.04 bits per heavy atom. The van der Waals surface area contributed by atoms with Crippen LogP contribution in [0.25, 0.3) is 0 Å². The van der Waals surface area contributed by atoms with Crippen LogP contribution in [0.15, 0.2) is 36.4 Å². The van der Waals surface area contributed by atoms with Gasteiger partial charge in [0.25, 0.3) is 11.8 Å². The number of nitrogens with zero attached hydrogens (tertiary/aromatic N) is 2. The highest BCUT2D eigenvalue weighted by Gasteiger charge is 2.39. The van der Waals surface area contributed by atoms with Gasteiger partial charge in [-0.2, -0.15) is 0 Å². The lowest BCUT2D eigenvalue weighted by molar-refractivity contribution is -0.0200. The molecule has 2 aliphatic heterocycles. The largest absolute Gasteiger partial charge is 0.444 e. The minimum Gasteiger partial charge on any atom is -0.444 e. The maximum Gasteiger partial charge on any atom is 0.410 e. The average Bonchev–Trinajstić information content (AvgIpc) is 3.42. The quantitative estimate of drug-likeness (QED) is 0.389. The molecule has 246 valence electrons. The minimum absolute atomic E-state index is 0.0523. The molecule has 45 heavy (non-hydrogen) atoms. The van der Waals surface area contributed by atoms with Crippen LogP contribution in [0.3, 0.4) is 0 Å². The zero-order valence-corrected chi connectivity index (χ0v) is 26.6. The first-order chi connectivity index (χ1) is 21.3. The number of piperazine rings is 1. The van der Waals surface area contributed by atoms with Gasteiger partial charge in [-0.25, -0.2) is 13.6 Å². The number of ether oxygens (including phenoxy) is 2. The second kappa shape index (κ2) is 14.7. The van der Waals surface area contributed by atoms with Crippen LogP contribution in [-0.4, -0.2) is 103 Å². The summed E-state index contributed by atoms with van der Waals surface area (Å²) in [7, 11) is 1.59. The van der Waals surface area contributed by atoms with E-state index in [4.69, 9.17) is 9.47 Å². The van der Waals surface area contributed by atoms with Crippen LogP contribution in [0.1, 0.15) is 65.5 Å². The Hall–Kier alpha value is -3.61. The molecule has 0 bridgehead atoms. The third-order valence-electron chi connectivity index (χ3n) is 8.00. The van der Waals surface area contributed by atoms with Crippen LogP contribution >= 0.6 is 0 Å². The minimum atomic E-state index is -1.36. The number of aryl methyl sites for hydroxylation is 1. The Bertz CT molecular complexity index is 1360. The molecule has 0 aliphatic carbocycles. The Labute approximate surface area is 263 Å². The van der Waals surface area contributed by atoms with Gasteiger partial charge in [-0.15, -0.1) is 0 Å². The van der Waals surface area contributed by atoms with E-state index in [9.17, 15) is 28.3 Å². The number of hydrogen-bond acceptors (Lipinski definition) is 7. The van der Waals surface area contributed by atoms with Crippen molar-refractivity contribution in [3.63, 3.8) is 0 Å². The zero-order valence-electron chi connectivity index (χ0n) is 26.6. The van der Waals surface area contributed by atoms with E-state index in [1.807, 2.05) is 0 Å². The van der Waals surface area contributed by atoms with E-state index in [0.29, 0.717) is 30.8 Å². The van der Waals surface area contributed by atoms with Crippen molar-refractivity contribution in [2.24, 2.45) is 0 Å². The molecule has 2 aromatic rings. The van der Waals surface area contributed by atoms with Crippen LogP contribution in [0, 0.1) is 18.6 Å². The van der Waals surface area contributed by atoms with Gasteiger partial charge in [0.05, 0.1) is 30.8 Å². The van der Waals surface area contributed by atoms with E-state index in [-0.39, 0.29) is 42.6 Å². The number of halogens is 2. The number of rotatable bonds is 9. The molecule has 10 nitrogen and oxygen atoms in total. The van der Waals surface area contributed by atoms with Crippen LogP contribution in [0.2, 0.25) is 0 Å². The summed E-state index contributed by atoms with van der Waals surface area (Å²) in [5.74, 6) is -2.39. The maximum absolute atomic E-state index is 14.1. The molecule has 0 aromatic heterocycles. The molecule has 2 saturated heterocycles. The number of carbonyl (C=O) groups excluding carboxylic acids is 3. The van der Waals surface area contributed by atoms with Gasteiger partial charge in [0.1, 0.15) is 17.2 Å². The number of benzene rings is 2. The summed E-state index contributed by atoms with van der Waals surface area (Å²) in [5, 5.41) is 17.7. The lowest BCUT2D eigenvalue weighted by Gasteiger charge is -2.41. The second-order valence-electron chi connectivity index (χ2n) is 12.8. The summed E-state index contributed by atoms with van der Waals surface area (Å²) < 4.78 is 39.1. The summed E-state index contributed by atoms with van der Waals surface area (Å²) in [5.41, 5.74) is 0.658. The van der Waals surface area contributed by atoms with E-state index >= 15 is 0 Å². The summed E-state index contributed by atoms with van der Waals surface area (Å²) in [4.78, 5) is 43.5. The number of amides is 3.